The maximum atomic E-state index is 5.65. The summed E-state index contributed by atoms with van der Waals surface area (Å²) in [5, 5.41) is 0. The van der Waals surface area contributed by atoms with Gasteiger partial charge in [-0.25, -0.2) is 0 Å². The first-order valence-corrected chi connectivity index (χ1v) is 5.74. The van der Waals surface area contributed by atoms with Crippen LogP contribution in [0.1, 0.15) is 27.7 Å². The van der Waals surface area contributed by atoms with Crippen molar-refractivity contribution >= 4 is 22.9 Å². The minimum absolute atomic E-state index is 0.152. The molecule has 0 radical (unpaired) electrons. The Morgan fingerprint density at radius 1 is 1.15 bits per heavy atom. The van der Waals surface area contributed by atoms with E-state index in [0.29, 0.717) is 6.61 Å². The van der Waals surface area contributed by atoms with Gasteiger partial charge in [-0.3, -0.25) is 3.53 Å². The fourth-order valence-electron chi connectivity index (χ4n) is 0.917. The quantitative estimate of drug-likeness (QED) is 0.577. The van der Waals surface area contributed by atoms with E-state index in [1.165, 1.54) is 0 Å². The molecule has 0 saturated carbocycles. The smallest absolute Gasteiger partial charge is 0.0944 e. The zero-order valence-electron chi connectivity index (χ0n) is 8.84. The van der Waals surface area contributed by atoms with Gasteiger partial charge < -0.3 is 9.47 Å². The molecule has 0 rings (SSSR count). The van der Waals surface area contributed by atoms with Gasteiger partial charge in [0.2, 0.25) is 0 Å². The number of halogens is 1. The van der Waals surface area contributed by atoms with Gasteiger partial charge >= 0.3 is 0 Å². The molecule has 0 aliphatic carbocycles. The molecule has 3 nitrogen and oxygen atoms in total. The fourth-order valence-corrected chi connectivity index (χ4v) is 1.41. The Morgan fingerprint density at radius 3 is 2.15 bits per heavy atom. The molecule has 0 aromatic rings. The lowest BCUT2D eigenvalue weighted by molar-refractivity contribution is -0.0544. The summed E-state index contributed by atoms with van der Waals surface area (Å²) in [6.45, 7) is 9.62. The highest BCUT2D eigenvalue weighted by Crippen LogP contribution is 2.00. The van der Waals surface area contributed by atoms with Gasteiger partial charge in [-0.05, 0) is 27.7 Å². The zero-order valence-corrected chi connectivity index (χ0v) is 11.0. The van der Waals surface area contributed by atoms with Crippen LogP contribution in [0.4, 0.5) is 0 Å². The van der Waals surface area contributed by atoms with Gasteiger partial charge in [0.25, 0.3) is 0 Å². The molecule has 80 valence electrons. The van der Waals surface area contributed by atoms with Crippen LogP contribution >= 0.6 is 22.9 Å². The van der Waals surface area contributed by atoms with Crippen molar-refractivity contribution in [2.24, 2.45) is 0 Å². The largest absolute Gasteiger partial charge is 0.376 e. The first kappa shape index (κ1) is 13.6. The van der Waals surface area contributed by atoms with Crippen LogP contribution in [-0.4, -0.2) is 31.5 Å². The van der Waals surface area contributed by atoms with E-state index in [1.54, 1.807) is 0 Å². The Hall–Kier alpha value is 0.610. The molecule has 0 heterocycles. The summed E-state index contributed by atoms with van der Waals surface area (Å²) in [5.41, 5.74) is 0. The molecule has 13 heavy (non-hydrogen) atoms. The Kier molecular flexibility index (Phi) is 8.34. The number of hydrogen-bond donors (Lipinski definition) is 1. The van der Waals surface area contributed by atoms with Crippen LogP contribution in [0.2, 0.25) is 0 Å². The summed E-state index contributed by atoms with van der Waals surface area (Å²) in [6, 6.07) is 0. The zero-order chi connectivity index (χ0) is 10.3. The number of rotatable bonds is 7. The van der Waals surface area contributed by atoms with Crippen LogP contribution in [0.5, 0.6) is 0 Å². The average molecular weight is 301 g/mol. The molecule has 1 unspecified atom stereocenters. The second-order valence-corrected chi connectivity index (χ2v) is 4.29. The first-order chi connectivity index (χ1) is 6.06. The number of hydrogen-bond acceptors (Lipinski definition) is 3. The monoisotopic (exact) mass is 301 g/mol. The molecule has 0 bridgehead atoms. The predicted molar refractivity (Wildman–Crippen MR) is 63.1 cm³/mol. The van der Waals surface area contributed by atoms with Gasteiger partial charge in [0.1, 0.15) is 0 Å². The molecule has 0 amide bonds. The summed E-state index contributed by atoms with van der Waals surface area (Å²) < 4.78 is 14.2. The highest BCUT2D eigenvalue weighted by Gasteiger charge is 2.11. The summed E-state index contributed by atoms with van der Waals surface area (Å²) in [4.78, 5) is 0. The maximum absolute atomic E-state index is 5.65. The van der Waals surface area contributed by atoms with Crippen LogP contribution < -0.4 is 3.53 Å². The van der Waals surface area contributed by atoms with E-state index in [-0.39, 0.29) is 18.3 Å². The normalized spacial score (nSPS) is 14.1. The van der Waals surface area contributed by atoms with Crippen LogP contribution in [0, 0.1) is 0 Å². The third-order valence-electron chi connectivity index (χ3n) is 1.38. The van der Waals surface area contributed by atoms with E-state index in [1.807, 2.05) is 27.7 Å². The second kappa shape index (κ2) is 7.96. The van der Waals surface area contributed by atoms with Crippen molar-refractivity contribution in [3.05, 3.63) is 0 Å². The fraction of sp³-hybridized carbons (Fsp3) is 1.00. The lowest BCUT2D eigenvalue weighted by Crippen LogP contribution is -2.32. The minimum atomic E-state index is 0.152. The first-order valence-electron chi connectivity index (χ1n) is 4.66. The number of nitrogens with one attached hydrogen (secondary N) is 1. The van der Waals surface area contributed by atoms with Crippen LogP contribution in [0.15, 0.2) is 0 Å². The standard InChI is InChI=1S/C9H20INO2/c1-7(2)12-6-9(5-11-10)13-8(3)4/h7-9,11H,5-6H2,1-4H3. The lowest BCUT2D eigenvalue weighted by atomic mass is 10.3. The molecule has 0 spiro atoms. The Balaban J connectivity index is 3.66. The van der Waals surface area contributed by atoms with Gasteiger partial charge in [-0.2, -0.15) is 0 Å². The summed E-state index contributed by atoms with van der Waals surface area (Å²) in [6.07, 6.45) is 0.678. The molecule has 1 atom stereocenters. The molecule has 0 aliphatic heterocycles. The topological polar surface area (TPSA) is 30.5 Å². The van der Waals surface area contributed by atoms with E-state index in [4.69, 9.17) is 9.47 Å². The SMILES string of the molecule is CC(C)OCC(CNI)OC(C)C. The Morgan fingerprint density at radius 2 is 1.77 bits per heavy atom. The minimum Gasteiger partial charge on any atom is -0.376 e. The third kappa shape index (κ3) is 8.93. The molecule has 1 N–H and O–H groups in total. The maximum Gasteiger partial charge on any atom is 0.0944 e. The summed E-state index contributed by atoms with van der Waals surface area (Å²) in [7, 11) is 0. The van der Waals surface area contributed by atoms with Gasteiger partial charge in [0.15, 0.2) is 0 Å². The molecule has 0 aromatic heterocycles. The van der Waals surface area contributed by atoms with E-state index in [0.717, 1.165) is 6.54 Å². The molecule has 4 heteroatoms. The van der Waals surface area contributed by atoms with Gasteiger partial charge in [-0.15, -0.1) is 0 Å². The van der Waals surface area contributed by atoms with E-state index in [2.05, 4.69) is 26.4 Å². The van der Waals surface area contributed by atoms with E-state index < -0.39 is 0 Å². The van der Waals surface area contributed by atoms with Gasteiger partial charge in [-0.1, -0.05) is 0 Å². The van der Waals surface area contributed by atoms with Crippen molar-refractivity contribution in [1.29, 1.82) is 0 Å². The van der Waals surface area contributed by atoms with Crippen molar-refractivity contribution in [3.63, 3.8) is 0 Å². The summed E-state index contributed by atoms with van der Waals surface area (Å²) >= 11 is 2.12. The summed E-state index contributed by atoms with van der Waals surface area (Å²) in [5.74, 6) is 0. The highest BCUT2D eigenvalue weighted by molar-refractivity contribution is 14.1. The van der Waals surface area contributed by atoms with Crippen molar-refractivity contribution in [1.82, 2.24) is 3.53 Å². The average Bonchev–Trinajstić information content (AvgIpc) is 1.99. The van der Waals surface area contributed by atoms with Crippen molar-refractivity contribution in [2.75, 3.05) is 13.2 Å². The van der Waals surface area contributed by atoms with Crippen molar-refractivity contribution in [2.45, 2.75) is 46.0 Å². The van der Waals surface area contributed by atoms with Crippen molar-refractivity contribution in [3.8, 4) is 0 Å². The van der Waals surface area contributed by atoms with Gasteiger partial charge in [0, 0.05) is 29.4 Å². The highest BCUT2D eigenvalue weighted by atomic mass is 127. The molecule has 0 saturated heterocycles. The Labute approximate surface area is 95.1 Å². The van der Waals surface area contributed by atoms with Crippen LogP contribution in [0.25, 0.3) is 0 Å². The van der Waals surface area contributed by atoms with E-state index >= 15 is 0 Å². The van der Waals surface area contributed by atoms with Crippen LogP contribution in [-0.2, 0) is 9.47 Å². The van der Waals surface area contributed by atoms with E-state index in [9.17, 15) is 0 Å². The molecular formula is C9H20INO2. The number of ether oxygens (including phenoxy) is 2. The van der Waals surface area contributed by atoms with Crippen molar-refractivity contribution < 1.29 is 9.47 Å². The second-order valence-electron chi connectivity index (χ2n) is 3.53. The lowest BCUT2D eigenvalue weighted by Gasteiger charge is -2.20. The molecule has 0 aliphatic rings. The predicted octanol–water partition coefficient (Wildman–Crippen LogP) is 2.14. The molecule has 0 fully saturated rings. The third-order valence-corrected chi connectivity index (χ3v) is 1.83. The van der Waals surface area contributed by atoms with Crippen LogP contribution in [0.3, 0.4) is 0 Å². The molecular weight excluding hydrogens is 281 g/mol. The Bertz CT molecular complexity index is 120. The molecule has 0 aromatic carbocycles. The van der Waals surface area contributed by atoms with Gasteiger partial charge in [0.05, 0.1) is 24.9 Å².